The largest absolute Gasteiger partial charge is 0.463 e. The smallest absolute Gasteiger partial charge is 0.118 e. The second kappa shape index (κ2) is 6.74. The van der Waals surface area contributed by atoms with Gasteiger partial charge in [-0.05, 0) is 59.1 Å². The summed E-state index contributed by atoms with van der Waals surface area (Å²) in [6.07, 6.45) is 3.99. The lowest BCUT2D eigenvalue weighted by Gasteiger charge is -2.49. The van der Waals surface area contributed by atoms with Gasteiger partial charge in [-0.15, -0.1) is 0 Å². The molecule has 1 saturated carbocycles. The van der Waals surface area contributed by atoms with E-state index in [4.69, 9.17) is 4.42 Å². The molecule has 1 fully saturated rings. The predicted molar refractivity (Wildman–Crippen MR) is 82.7 cm³/mol. The summed E-state index contributed by atoms with van der Waals surface area (Å²) in [5.41, 5.74) is 0.383. The van der Waals surface area contributed by atoms with E-state index in [0.717, 1.165) is 37.7 Å². The molecule has 20 heavy (non-hydrogen) atoms. The van der Waals surface area contributed by atoms with E-state index >= 15 is 0 Å². The average molecular weight is 279 g/mol. The summed E-state index contributed by atoms with van der Waals surface area (Å²) in [4.78, 5) is 4.78. The van der Waals surface area contributed by atoms with Crippen LogP contribution in [0.25, 0.3) is 0 Å². The monoisotopic (exact) mass is 279 g/mol. The molecule has 1 N–H and O–H groups in total. The third kappa shape index (κ3) is 3.62. The fraction of sp³-hybridized carbons (Fsp3) is 0.750. The highest BCUT2D eigenvalue weighted by atomic mass is 16.3. The summed E-state index contributed by atoms with van der Waals surface area (Å²) in [6, 6.07) is 4.18. The first-order chi connectivity index (χ1) is 9.55. The molecule has 1 aliphatic carbocycles. The fourth-order valence-corrected chi connectivity index (χ4v) is 3.01. The fourth-order valence-electron chi connectivity index (χ4n) is 3.01. The molecule has 0 aromatic carbocycles. The Labute approximate surface area is 123 Å². The minimum atomic E-state index is 0.383. The van der Waals surface area contributed by atoms with Crippen LogP contribution in [0.5, 0.6) is 0 Å². The number of hydrogen-bond acceptors (Lipinski definition) is 4. The van der Waals surface area contributed by atoms with Gasteiger partial charge in [0.2, 0.25) is 0 Å². The van der Waals surface area contributed by atoms with Gasteiger partial charge in [-0.1, -0.05) is 6.92 Å². The van der Waals surface area contributed by atoms with Crippen LogP contribution in [0, 0.1) is 0 Å². The molecule has 1 aliphatic rings. The van der Waals surface area contributed by atoms with E-state index < -0.39 is 0 Å². The number of likely N-dealkylation sites (N-methyl/N-ethyl adjacent to an activating group) is 2. The van der Waals surface area contributed by atoms with Crippen LogP contribution in [0.15, 0.2) is 16.5 Å². The van der Waals surface area contributed by atoms with Crippen molar-refractivity contribution in [1.82, 2.24) is 15.1 Å². The summed E-state index contributed by atoms with van der Waals surface area (Å²) in [7, 11) is 6.60. The quantitative estimate of drug-likeness (QED) is 0.791. The van der Waals surface area contributed by atoms with Gasteiger partial charge >= 0.3 is 0 Å². The van der Waals surface area contributed by atoms with Crippen LogP contribution in [0.2, 0.25) is 0 Å². The van der Waals surface area contributed by atoms with Gasteiger partial charge in [0.25, 0.3) is 0 Å². The Hall–Kier alpha value is -0.840. The van der Waals surface area contributed by atoms with E-state index in [2.05, 4.69) is 55.3 Å². The Morgan fingerprint density at radius 3 is 2.45 bits per heavy atom. The number of furan rings is 1. The minimum Gasteiger partial charge on any atom is -0.463 e. The van der Waals surface area contributed by atoms with E-state index in [1.54, 1.807) is 0 Å². The normalized spacial score (nSPS) is 17.7. The van der Waals surface area contributed by atoms with Crippen LogP contribution >= 0.6 is 0 Å². The van der Waals surface area contributed by atoms with Crippen molar-refractivity contribution in [1.29, 1.82) is 0 Å². The summed E-state index contributed by atoms with van der Waals surface area (Å²) < 4.78 is 5.87. The van der Waals surface area contributed by atoms with Crippen molar-refractivity contribution in [3.05, 3.63) is 23.7 Å². The van der Waals surface area contributed by atoms with Crippen LogP contribution in [0.3, 0.4) is 0 Å². The van der Waals surface area contributed by atoms with Crippen molar-refractivity contribution in [3.8, 4) is 0 Å². The van der Waals surface area contributed by atoms with Crippen molar-refractivity contribution < 1.29 is 4.42 Å². The molecule has 0 unspecified atom stereocenters. The van der Waals surface area contributed by atoms with Gasteiger partial charge in [-0.25, -0.2) is 0 Å². The molecule has 4 heteroatoms. The summed E-state index contributed by atoms with van der Waals surface area (Å²) >= 11 is 0. The van der Waals surface area contributed by atoms with Crippen molar-refractivity contribution in [2.75, 3.05) is 34.2 Å². The summed E-state index contributed by atoms with van der Waals surface area (Å²) in [5.74, 6) is 2.09. The van der Waals surface area contributed by atoms with E-state index in [1.165, 1.54) is 19.3 Å². The number of hydrogen-bond donors (Lipinski definition) is 1. The molecule has 0 amide bonds. The Bertz CT molecular complexity index is 410. The van der Waals surface area contributed by atoms with E-state index in [0.29, 0.717) is 5.54 Å². The van der Waals surface area contributed by atoms with Gasteiger partial charge in [0.05, 0.1) is 13.1 Å². The summed E-state index contributed by atoms with van der Waals surface area (Å²) in [6.45, 7) is 5.91. The second-order valence-electron chi connectivity index (χ2n) is 6.29. The van der Waals surface area contributed by atoms with Crippen LogP contribution < -0.4 is 5.32 Å². The maximum Gasteiger partial charge on any atom is 0.118 e. The molecule has 1 heterocycles. The van der Waals surface area contributed by atoms with Crippen LogP contribution in [-0.2, 0) is 13.1 Å². The molecule has 0 radical (unpaired) electrons. The van der Waals surface area contributed by atoms with Crippen LogP contribution in [0.1, 0.15) is 37.7 Å². The van der Waals surface area contributed by atoms with Gasteiger partial charge in [0.15, 0.2) is 0 Å². The standard InChI is InChI=1S/C16H29N3O/c1-5-17-11-14-7-8-15(20-14)12-19(4)13-16(18(2)3)9-6-10-16/h7-8,17H,5-6,9-13H2,1-4H3. The number of rotatable bonds is 8. The first kappa shape index (κ1) is 15.5. The third-order valence-corrected chi connectivity index (χ3v) is 4.49. The Morgan fingerprint density at radius 1 is 1.20 bits per heavy atom. The molecule has 1 aromatic heterocycles. The molecule has 1 aromatic rings. The number of nitrogens with zero attached hydrogens (tertiary/aromatic N) is 2. The maximum atomic E-state index is 5.87. The molecule has 0 saturated heterocycles. The van der Waals surface area contributed by atoms with Gasteiger partial charge in [0, 0.05) is 12.1 Å². The molecule has 114 valence electrons. The van der Waals surface area contributed by atoms with E-state index in [-0.39, 0.29) is 0 Å². The molecule has 2 rings (SSSR count). The lowest BCUT2D eigenvalue weighted by atomic mass is 9.75. The lowest BCUT2D eigenvalue weighted by Crippen LogP contribution is -2.56. The molecular formula is C16H29N3O. The third-order valence-electron chi connectivity index (χ3n) is 4.49. The zero-order valence-corrected chi connectivity index (χ0v) is 13.4. The average Bonchev–Trinajstić information content (AvgIpc) is 2.78. The zero-order chi connectivity index (χ0) is 14.6. The molecular weight excluding hydrogens is 250 g/mol. The first-order valence-corrected chi connectivity index (χ1v) is 7.70. The topological polar surface area (TPSA) is 31.6 Å². The molecule has 0 aliphatic heterocycles. The first-order valence-electron chi connectivity index (χ1n) is 7.70. The molecule has 4 nitrogen and oxygen atoms in total. The van der Waals surface area contributed by atoms with E-state index in [9.17, 15) is 0 Å². The Kier molecular flexibility index (Phi) is 5.24. The maximum absolute atomic E-state index is 5.87. The van der Waals surface area contributed by atoms with Gasteiger partial charge in [0.1, 0.15) is 11.5 Å². The predicted octanol–water partition coefficient (Wildman–Crippen LogP) is 2.31. The summed E-state index contributed by atoms with van der Waals surface area (Å²) in [5, 5.41) is 3.29. The molecule has 0 bridgehead atoms. The van der Waals surface area contributed by atoms with Crippen molar-refractivity contribution in [2.45, 2.75) is 44.8 Å². The Morgan fingerprint density at radius 2 is 1.90 bits per heavy atom. The zero-order valence-electron chi connectivity index (χ0n) is 13.4. The van der Waals surface area contributed by atoms with Crippen molar-refractivity contribution in [2.24, 2.45) is 0 Å². The van der Waals surface area contributed by atoms with E-state index in [1.807, 2.05) is 0 Å². The highest BCUT2D eigenvalue weighted by Gasteiger charge is 2.39. The highest BCUT2D eigenvalue weighted by Crippen LogP contribution is 2.36. The minimum absolute atomic E-state index is 0.383. The van der Waals surface area contributed by atoms with Crippen molar-refractivity contribution in [3.63, 3.8) is 0 Å². The van der Waals surface area contributed by atoms with Gasteiger partial charge in [-0.2, -0.15) is 0 Å². The van der Waals surface area contributed by atoms with Crippen molar-refractivity contribution >= 4 is 0 Å². The number of nitrogens with one attached hydrogen (secondary N) is 1. The SMILES string of the molecule is CCNCc1ccc(CN(C)CC2(N(C)C)CCC2)o1. The van der Waals surface area contributed by atoms with Crippen LogP contribution in [0.4, 0.5) is 0 Å². The van der Waals surface area contributed by atoms with Gasteiger partial charge < -0.3 is 14.6 Å². The van der Waals surface area contributed by atoms with Crippen LogP contribution in [-0.4, -0.2) is 49.6 Å². The Balaban J connectivity index is 1.84. The molecule has 0 atom stereocenters. The second-order valence-corrected chi connectivity index (χ2v) is 6.29. The molecule has 0 spiro atoms. The highest BCUT2D eigenvalue weighted by molar-refractivity contribution is 5.07. The van der Waals surface area contributed by atoms with Gasteiger partial charge in [-0.3, -0.25) is 4.90 Å². The lowest BCUT2D eigenvalue weighted by molar-refractivity contribution is 0.0243.